The predicted octanol–water partition coefficient (Wildman–Crippen LogP) is 6.11. The molecule has 0 unspecified atom stereocenters. The van der Waals surface area contributed by atoms with Gasteiger partial charge in [0.1, 0.15) is 5.75 Å². The second kappa shape index (κ2) is 8.06. The Hall–Kier alpha value is -1.97. The largest absolute Gasteiger partial charge is 0.508 e. The van der Waals surface area contributed by atoms with E-state index in [2.05, 4.69) is 0 Å². The molecule has 1 heterocycles. The van der Waals surface area contributed by atoms with Crippen LogP contribution in [-0.2, 0) is 15.3 Å². The van der Waals surface area contributed by atoms with Crippen LogP contribution in [0.25, 0.3) is 0 Å². The monoisotopic (exact) mass is 512 g/mol. The SMILES string of the molecule is Oc1cccc(C2(CCC(F)(F)C(F)(F)C(F)(F)C(F)(F)C(F)(F)C(F)(F)F)OCCO2)c1. The first-order valence-corrected chi connectivity index (χ1v) is 8.69. The molecule has 1 aromatic carbocycles. The van der Waals surface area contributed by atoms with Gasteiger partial charge < -0.3 is 14.6 Å². The Balaban J connectivity index is 2.39. The fourth-order valence-corrected chi connectivity index (χ4v) is 2.93. The molecule has 0 atom stereocenters. The fraction of sp³-hybridized carbons (Fsp3) is 0.647. The molecule has 1 aliphatic heterocycles. The highest BCUT2D eigenvalue weighted by Gasteiger charge is 2.90. The number of hydrogen-bond donors (Lipinski definition) is 1. The number of aromatic hydroxyl groups is 1. The van der Waals surface area contributed by atoms with Crippen LogP contribution in [0.15, 0.2) is 24.3 Å². The van der Waals surface area contributed by atoms with E-state index in [1.165, 1.54) is 0 Å². The first-order valence-electron chi connectivity index (χ1n) is 8.69. The molecule has 1 fully saturated rings. The van der Waals surface area contributed by atoms with Gasteiger partial charge in [-0.2, -0.15) is 57.1 Å². The molecular weight excluding hydrogens is 499 g/mol. The molecule has 0 aromatic heterocycles. The van der Waals surface area contributed by atoms with Crippen molar-refractivity contribution in [2.45, 2.75) is 54.4 Å². The highest BCUT2D eigenvalue weighted by molar-refractivity contribution is 5.30. The van der Waals surface area contributed by atoms with Gasteiger partial charge >= 0.3 is 35.8 Å². The lowest BCUT2D eigenvalue weighted by Crippen LogP contribution is -2.70. The first kappa shape index (κ1) is 27.3. The third-order valence-corrected chi connectivity index (χ3v) is 4.81. The molecule has 0 saturated carbocycles. The zero-order valence-corrected chi connectivity index (χ0v) is 15.8. The Morgan fingerprint density at radius 2 is 1.21 bits per heavy atom. The summed E-state index contributed by atoms with van der Waals surface area (Å²) in [6.45, 7) is -0.687. The lowest BCUT2D eigenvalue weighted by Gasteiger charge is -2.40. The fourth-order valence-electron chi connectivity index (χ4n) is 2.93. The summed E-state index contributed by atoms with van der Waals surface area (Å²) in [5.74, 6) is -40.1. The highest BCUT2D eigenvalue weighted by atomic mass is 19.4. The zero-order valence-electron chi connectivity index (χ0n) is 15.8. The van der Waals surface area contributed by atoms with Crippen LogP contribution in [-0.4, -0.2) is 54.1 Å². The first-order chi connectivity index (χ1) is 14.7. The number of ether oxygens (including phenoxy) is 2. The van der Waals surface area contributed by atoms with Crippen molar-refractivity contribution >= 4 is 0 Å². The van der Waals surface area contributed by atoms with Crippen LogP contribution in [0.2, 0.25) is 0 Å². The molecular formula is C17H13F13O3. The van der Waals surface area contributed by atoms with Gasteiger partial charge in [-0.05, 0) is 12.1 Å². The maximum Gasteiger partial charge on any atom is 0.460 e. The number of phenols is 1. The number of benzene rings is 1. The molecule has 0 amide bonds. The highest BCUT2D eigenvalue weighted by Crippen LogP contribution is 2.61. The summed E-state index contributed by atoms with van der Waals surface area (Å²) in [4.78, 5) is 0. The van der Waals surface area contributed by atoms with Crippen molar-refractivity contribution in [1.29, 1.82) is 0 Å². The number of hydrogen-bond acceptors (Lipinski definition) is 3. The molecule has 0 aliphatic carbocycles. The minimum absolute atomic E-state index is 0.278. The van der Waals surface area contributed by atoms with Gasteiger partial charge in [0.25, 0.3) is 0 Å². The van der Waals surface area contributed by atoms with Crippen LogP contribution in [0.4, 0.5) is 57.1 Å². The zero-order chi connectivity index (χ0) is 25.7. The smallest absolute Gasteiger partial charge is 0.460 e. The number of alkyl halides is 13. The van der Waals surface area contributed by atoms with Gasteiger partial charge in [0, 0.05) is 18.4 Å². The minimum atomic E-state index is -7.95. The van der Waals surface area contributed by atoms with Crippen molar-refractivity contribution in [3.05, 3.63) is 29.8 Å². The van der Waals surface area contributed by atoms with Gasteiger partial charge in [0.15, 0.2) is 5.79 Å². The maximum atomic E-state index is 14.1. The molecule has 1 aliphatic rings. The second-order valence-corrected chi connectivity index (χ2v) is 7.00. The normalized spacial score (nSPS) is 18.6. The van der Waals surface area contributed by atoms with Gasteiger partial charge in [0.2, 0.25) is 0 Å². The molecule has 1 saturated heterocycles. The van der Waals surface area contributed by atoms with Gasteiger partial charge in [-0.1, -0.05) is 12.1 Å². The average Bonchev–Trinajstić information content (AvgIpc) is 3.15. The molecule has 0 bridgehead atoms. The Morgan fingerprint density at radius 3 is 1.67 bits per heavy atom. The van der Waals surface area contributed by atoms with E-state index in [4.69, 9.17) is 9.47 Å². The summed E-state index contributed by atoms with van der Waals surface area (Å²) < 4.78 is 182. The van der Waals surface area contributed by atoms with Gasteiger partial charge in [0.05, 0.1) is 13.2 Å². The Morgan fingerprint density at radius 1 is 0.727 bits per heavy atom. The van der Waals surface area contributed by atoms with Crippen LogP contribution < -0.4 is 0 Å². The van der Waals surface area contributed by atoms with Crippen LogP contribution in [0.5, 0.6) is 5.75 Å². The summed E-state index contributed by atoms with van der Waals surface area (Å²) in [6.07, 6.45) is -11.4. The third kappa shape index (κ3) is 4.19. The van der Waals surface area contributed by atoms with Crippen molar-refractivity contribution in [1.82, 2.24) is 0 Å². The quantitative estimate of drug-likeness (QED) is 0.428. The lowest BCUT2D eigenvalue weighted by atomic mass is 9.90. The van der Waals surface area contributed by atoms with E-state index in [1.54, 1.807) is 0 Å². The van der Waals surface area contributed by atoms with Crippen molar-refractivity contribution in [3.63, 3.8) is 0 Å². The third-order valence-electron chi connectivity index (χ3n) is 4.81. The van der Waals surface area contributed by atoms with E-state index in [1.807, 2.05) is 0 Å². The molecule has 3 nitrogen and oxygen atoms in total. The van der Waals surface area contributed by atoms with Crippen molar-refractivity contribution < 1.29 is 71.7 Å². The van der Waals surface area contributed by atoms with Crippen LogP contribution >= 0.6 is 0 Å². The molecule has 33 heavy (non-hydrogen) atoms. The molecule has 1 N–H and O–H groups in total. The summed E-state index contributed by atoms with van der Waals surface area (Å²) in [5, 5.41) is 9.46. The summed E-state index contributed by atoms with van der Waals surface area (Å²) in [7, 11) is 0. The standard InChI is InChI=1S/C17H13F13O3/c18-12(19,5-4-11(32-6-7-33-11)9-2-1-3-10(31)8-9)13(20,21)14(22,23)15(24,25)16(26,27)17(28,29)30/h1-3,8,31H,4-7H2. The summed E-state index contributed by atoms with van der Waals surface area (Å²) >= 11 is 0. The molecule has 16 heteroatoms. The topological polar surface area (TPSA) is 38.7 Å². The Labute approximate surface area is 176 Å². The van der Waals surface area contributed by atoms with Gasteiger partial charge in [-0.15, -0.1) is 0 Å². The van der Waals surface area contributed by atoms with Crippen LogP contribution in [0, 0.1) is 0 Å². The van der Waals surface area contributed by atoms with E-state index >= 15 is 0 Å². The molecule has 0 radical (unpaired) electrons. The van der Waals surface area contributed by atoms with E-state index in [0.29, 0.717) is 0 Å². The lowest BCUT2D eigenvalue weighted by molar-refractivity contribution is -0.440. The van der Waals surface area contributed by atoms with Crippen LogP contribution in [0.3, 0.4) is 0 Å². The summed E-state index contributed by atoms with van der Waals surface area (Å²) in [6, 6.07) is 4.14. The molecule has 190 valence electrons. The average molecular weight is 512 g/mol. The van der Waals surface area contributed by atoms with E-state index < -0.39 is 60.2 Å². The molecule has 0 spiro atoms. The van der Waals surface area contributed by atoms with Crippen LogP contribution in [0.1, 0.15) is 18.4 Å². The number of phenolic OH excluding ortho intramolecular Hbond substituents is 1. The number of rotatable bonds is 8. The summed E-state index contributed by atoms with van der Waals surface area (Å²) in [5.41, 5.74) is -0.278. The predicted molar refractivity (Wildman–Crippen MR) is 81.7 cm³/mol. The van der Waals surface area contributed by atoms with E-state index in [-0.39, 0.29) is 18.8 Å². The second-order valence-electron chi connectivity index (χ2n) is 7.00. The van der Waals surface area contributed by atoms with Crippen molar-refractivity contribution in [2.24, 2.45) is 0 Å². The molecule has 2 rings (SSSR count). The Kier molecular flexibility index (Phi) is 6.66. The van der Waals surface area contributed by atoms with E-state index in [9.17, 15) is 62.2 Å². The van der Waals surface area contributed by atoms with Crippen molar-refractivity contribution in [3.8, 4) is 5.75 Å². The van der Waals surface area contributed by atoms with Gasteiger partial charge in [-0.25, -0.2) is 0 Å². The number of halogens is 13. The Bertz CT molecular complexity index is 845. The van der Waals surface area contributed by atoms with E-state index in [0.717, 1.165) is 24.3 Å². The maximum absolute atomic E-state index is 14.1. The van der Waals surface area contributed by atoms with Crippen molar-refractivity contribution in [2.75, 3.05) is 13.2 Å². The van der Waals surface area contributed by atoms with Gasteiger partial charge in [-0.3, -0.25) is 0 Å². The minimum Gasteiger partial charge on any atom is -0.508 e. The molecule has 1 aromatic rings.